The van der Waals surface area contributed by atoms with Crippen molar-refractivity contribution in [3.8, 4) is 0 Å². The molecule has 1 aliphatic heterocycles. The van der Waals surface area contributed by atoms with E-state index in [1.54, 1.807) is 24.1 Å². The summed E-state index contributed by atoms with van der Waals surface area (Å²) >= 11 is 1.23. The van der Waals surface area contributed by atoms with Crippen LogP contribution in [0.25, 0.3) is 0 Å². The van der Waals surface area contributed by atoms with E-state index in [9.17, 15) is 9.59 Å². The minimum Gasteiger partial charge on any atom is -0.333 e. The summed E-state index contributed by atoms with van der Waals surface area (Å²) in [5, 5.41) is 8.30. The van der Waals surface area contributed by atoms with E-state index < -0.39 is 0 Å². The summed E-state index contributed by atoms with van der Waals surface area (Å²) in [6.45, 7) is 2.86. The number of amides is 1. The van der Waals surface area contributed by atoms with E-state index >= 15 is 0 Å². The SMILES string of the molecule is CC(=O)c1ccc(C(=O)N(C)Cc2nnc3n2CCC3)s1. The van der Waals surface area contributed by atoms with Crippen LogP contribution in [-0.4, -0.2) is 38.4 Å². The van der Waals surface area contributed by atoms with Crippen LogP contribution in [0.1, 0.15) is 44.3 Å². The Labute approximate surface area is 126 Å². The van der Waals surface area contributed by atoms with Gasteiger partial charge in [-0.25, -0.2) is 0 Å². The highest BCUT2D eigenvalue weighted by molar-refractivity contribution is 7.15. The summed E-state index contributed by atoms with van der Waals surface area (Å²) in [6.07, 6.45) is 2.04. The Morgan fingerprint density at radius 3 is 2.81 bits per heavy atom. The number of carbonyl (C=O) groups is 2. The molecule has 21 heavy (non-hydrogen) atoms. The van der Waals surface area contributed by atoms with Gasteiger partial charge in [-0.3, -0.25) is 9.59 Å². The minimum absolute atomic E-state index is 0.0167. The van der Waals surface area contributed by atoms with Crippen LogP contribution in [0.4, 0.5) is 0 Å². The van der Waals surface area contributed by atoms with Gasteiger partial charge in [0, 0.05) is 20.0 Å². The van der Waals surface area contributed by atoms with Gasteiger partial charge in [-0.15, -0.1) is 21.5 Å². The van der Waals surface area contributed by atoms with Crippen molar-refractivity contribution < 1.29 is 9.59 Å². The maximum Gasteiger partial charge on any atom is 0.264 e. The molecule has 1 amide bonds. The number of Topliss-reactive ketones (excluding diaryl/α,β-unsaturated/α-hetero) is 1. The lowest BCUT2D eigenvalue weighted by Gasteiger charge is -2.15. The average Bonchev–Trinajstić information content (AvgIpc) is 3.15. The van der Waals surface area contributed by atoms with E-state index in [1.807, 2.05) is 0 Å². The fourth-order valence-electron chi connectivity index (χ4n) is 2.44. The Kier molecular flexibility index (Phi) is 3.59. The quantitative estimate of drug-likeness (QED) is 0.807. The largest absolute Gasteiger partial charge is 0.333 e. The Balaban J connectivity index is 1.73. The molecule has 0 spiro atoms. The number of aromatic nitrogens is 3. The van der Waals surface area contributed by atoms with E-state index in [-0.39, 0.29) is 11.7 Å². The van der Waals surface area contributed by atoms with Crippen LogP contribution in [0.3, 0.4) is 0 Å². The van der Waals surface area contributed by atoms with Crippen LogP contribution in [0, 0.1) is 0 Å². The predicted octanol–water partition coefficient (Wildman–Crippen LogP) is 1.76. The van der Waals surface area contributed by atoms with Crippen LogP contribution in [0.2, 0.25) is 0 Å². The second-order valence-electron chi connectivity index (χ2n) is 5.17. The summed E-state index contributed by atoms with van der Waals surface area (Å²) in [6, 6.07) is 3.40. The molecule has 3 rings (SSSR count). The summed E-state index contributed by atoms with van der Waals surface area (Å²) < 4.78 is 2.08. The lowest BCUT2D eigenvalue weighted by atomic mass is 10.3. The number of aryl methyl sites for hydroxylation is 1. The third kappa shape index (κ3) is 2.61. The molecule has 0 aromatic carbocycles. The molecule has 110 valence electrons. The molecule has 0 bridgehead atoms. The van der Waals surface area contributed by atoms with Gasteiger partial charge < -0.3 is 9.47 Å². The van der Waals surface area contributed by atoms with Crippen molar-refractivity contribution >= 4 is 23.0 Å². The first-order valence-corrected chi connectivity index (χ1v) is 7.65. The summed E-state index contributed by atoms with van der Waals surface area (Å²) in [7, 11) is 1.74. The first kappa shape index (κ1) is 13.9. The van der Waals surface area contributed by atoms with Crippen LogP contribution < -0.4 is 0 Å². The molecular formula is C14H16N4O2S. The molecule has 0 N–H and O–H groups in total. The van der Waals surface area contributed by atoms with Crippen molar-refractivity contribution in [3.05, 3.63) is 33.5 Å². The first-order chi connectivity index (χ1) is 10.1. The first-order valence-electron chi connectivity index (χ1n) is 6.83. The number of nitrogens with zero attached hydrogens (tertiary/aromatic N) is 4. The molecule has 2 aromatic heterocycles. The summed E-state index contributed by atoms with van der Waals surface area (Å²) in [5.74, 6) is 1.71. The lowest BCUT2D eigenvalue weighted by molar-refractivity contribution is 0.0784. The molecular weight excluding hydrogens is 288 g/mol. The molecule has 0 atom stereocenters. The van der Waals surface area contributed by atoms with Gasteiger partial charge in [-0.2, -0.15) is 0 Å². The molecule has 2 aromatic rings. The Bertz CT molecular complexity index is 704. The van der Waals surface area contributed by atoms with Gasteiger partial charge in [0.15, 0.2) is 11.6 Å². The highest BCUT2D eigenvalue weighted by Crippen LogP contribution is 2.20. The zero-order chi connectivity index (χ0) is 15.0. The molecule has 0 fully saturated rings. The summed E-state index contributed by atoms with van der Waals surface area (Å²) in [5.41, 5.74) is 0. The average molecular weight is 304 g/mol. The Morgan fingerprint density at radius 2 is 2.10 bits per heavy atom. The van der Waals surface area contributed by atoms with Gasteiger partial charge in [-0.05, 0) is 25.5 Å². The molecule has 6 nitrogen and oxygen atoms in total. The molecule has 0 unspecified atom stereocenters. The van der Waals surface area contributed by atoms with Gasteiger partial charge in [0.05, 0.1) is 16.3 Å². The van der Waals surface area contributed by atoms with Crippen molar-refractivity contribution in [1.82, 2.24) is 19.7 Å². The minimum atomic E-state index is -0.0946. The van der Waals surface area contributed by atoms with Crippen molar-refractivity contribution in [2.24, 2.45) is 0 Å². The molecule has 0 saturated heterocycles. The normalized spacial score (nSPS) is 13.2. The van der Waals surface area contributed by atoms with E-state index in [2.05, 4.69) is 14.8 Å². The van der Waals surface area contributed by atoms with Gasteiger partial charge in [0.2, 0.25) is 0 Å². The van der Waals surface area contributed by atoms with Crippen LogP contribution in [-0.2, 0) is 19.5 Å². The summed E-state index contributed by atoms with van der Waals surface area (Å²) in [4.78, 5) is 26.5. The second-order valence-corrected chi connectivity index (χ2v) is 6.25. The van der Waals surface area contributed by atoms with Crippen molar-refractivity contribution in [1.29, 1.82) is 0 Å². The van der Waals surface area contributed by atoms with Crippen molar-refractivity contribution in [2.45, 2.75) is 32.9 Å². The van der Waals surface area contributed by atoms with Crippen LogP contribution in [0.5, 0.6) is 0 Å². The smallest absolute Gasteiger partial charge is 0.264 e. The molecule has 0 saturated carbocycles. The lowest BCUT2D eigenvalue weighted by Crippen LogP contribution is -2.27. The topological polar surface area (TPSA) is 68.1 Å². The van der Waals surface area contributed by atoms with Gasteiger partial charge in [0.25, 0.3) is 5.91 Å². The van der Waals surface area contributed by atoms with Crippen LogP contribution >= 0.6 is 11.3 Å². The van der Waals surface area contributed by atoms with Gasteiger partial charge >= 0.3 is 0 Å². The highest BCUT2D eigenvalue weighted by Gasteiger charge is 2.21. The van der Waals surface area contributed by atoms with E-state index in [0.717, 1.165) is 31.0 Å². The molecule has 7 heteroatoms. The molecule has 3 heterocycles. The van der Waals surface area contributed by atoms with E-state index in [4.69, 9.17) is 0 Å². The van der Waals surface area contributed by atoms with Crippen molar-refractivity contribution in [2.75, 3.05) is 7.05 Å². The number of hydrogen-bond donors (Lipinski definition) is 0. The fourth-order valence-corrected chi connectivity index (χ4v) is 3.34. The number of hydrogen-bond acceptors (Lipinski definition) is 5. The third-order valence-corrected chi connectivity index (χ3v) is 4.75. The number of rotatable bonds is 4. The predicted molar refractivity (Wildman–Crippen MR) is 78.5 cm³/mol. The zero-order valence-corrected chi connectivity index (χ0v) is 12.8. The third-order valence-electron chi connectivity index (χ3n) is 3.58. The van der Waals surface area contributed by atoms with Crippen LogP contribution in [0.15, 0.2) is 12.1 Å². The van der Waals surface area contributed by atoms with Gasteiger partial charge in [-0.1, -0.05) is 0 Å². The Hall–Kier alpha value is -2.02. The maximum absolute atomic E-state index is 12.4. The molecule has 0 radical (unpaired) electrons. The zero-order valence-electron chi connectivity index (χ0n) is 12.0. The van der Waals surface area contributed by atoms with E-state index in [0.29, 0.717) is 16.3 Å². The second kappa shape index (κ2) is 5.40. The highest BCUT2D eigenvalue weighted by atomic mass is 32.1. The molecule has 0 aliphatic carbocycles. The molecule has 1 aliphatic rings. The fraction of sp³-hybridized carbons (Fsp3) is 0.429. The maximum atomic E-state index is 12.4. The van der Waals surface area contributed by atoms with Crippen molar-refractivity contribution in [3.63, 3.8) is 0 Å². The Morgan fingerprint density at radius 1 is 1.33 bits per heavy atom. The number of ketones is 1. The standard InChI is InChI=1S/C14H16N4O2S/c1-9(19)10-5-6-11(21-10)14(20)17(2)8-13-16-15-12-4-3-7-18(12)13/h5-6H,3-4,7-8H2,1-2H3. The van der Waals surface area contributed by atoms with E-state index in [1.165, 1.54) is 18.3 Å². The number of thiophene rings is 1. The number of carbonyl (C=O) groups excluding carboxylic acids is 2. The number of fused-ring (bicyclic) bond motifs is 1. The monoisotopic (exact) mass is 304 g/mol. The van der Waals surface area contributed by atoms with Gasteiger partial charge in [0.1, 0.15) is 5.82 Å².